The average molecular weight is 408 g/mol. The molecule has 0 radical (unpaired) electrons. The molecular weight excluding hydrogens is 386 g/mol. The molecule has 9 heteroatoms. The minimum absolute atomic E-state index is 0.0183. The highest BCUT2D eigenvalue weighted by molar-refractivity contribution is 7.92. The number of hydrogen-bond acceptors (Lipinski definition) is 4. The molecule has 2 rings (SSSR count). The molecule has 1 saturated heterocycles. The lowest BCUT2D eigenvalue weighted by Gasteiger charge is -2.35. The molecule has 28 heavy (non-hydrogen) atoms. The maximum absolute atomic E-state index is 14.8. The van der Waals surface area contributed by atoms with Gasteiger partial charge < -0.3 is 14.8 Å². The van der Waals surface area contributed by atoms with Crippen LogP contribution >= 0.6 is 0 Å². The fourth-order valence-electron chi connectivity index (χ4n) is 2.91. The average Bonchev–Trinajstić information content (AvgIpc) is 2.71. The predicted octanol–water partition coefficient (Wildman–Crippen LogP) is 3.28. The van der Waals surface area contributed by atoms with Crippen LogP contribution in [0.3, 0.4) is 0 Å². The van der Waals surface area contributed by atoms with E-state index >= 15 is 0 Å². The van der Waals surface area contributed by atoms with E-state index < -0.39 is 22.3 Å². The lowest BCUT2D eigenvalue weighted by Crippen LogP contribution is -2.48. The second-order valence-electron chi connectivity index (χ2n) is 6.39. The van der Waals surface area contributed by atoms with Gasteiger partial charge in [0.05, 0.1) is 17.1 Å². The topological polar surface area (TPSA) is 91.6 Å². The predicted molar refractivity (Wildman–Crippen MR) is 104 cm³/mol. The lowest BCUT2D eigenvalue weighted by atomic mass is 9.97. The van der Waals surface area contributed by atoms with Crippen molar-refractivity contribution in [3.8, 4) is 6.07 Å². The largest absolute Gasteiger partial charge is 0.607 e. The number of amides is 2. The zero-order valence-corrected chi connectivity index (χ0v) is 16.5. The van der Waals surface area contributed by atoms with Gasteiger partial charge in [-0.25, -0.2) is 4.79 Å². The molecule has 0 aliphatic carbocycles. The van der Waals surface area contributed by atoms with Crippen LogP contribution in [0.2, 0.25) is 0 Å². The van der Waals surface area contributed by atoms with Crippen LogP contribution in [-0.4, -0.2) is 47.1 Å². The van der Waals surface area contributed by atoms with Crippen molar-refractivity contribution < 1.29 is 18.1 Å². The van der Waals surface area contributed by atoms with Gasteiger partial charge >= 0.3 is 11.3 Å². The molecule has 0 bridgehead atoms. The monoisotopic (exact) mass is 408 g/mol. The zero-order chi connectivity index (χ0) is 20.7. The van der Waals surface area contributed by atoms with Gasteiger partial charge in [-0.1, -0.05) is 12.1 Å². The molecule has 6 nitrogen and oxygen atoms in total. The molecule has 1 aliphatic rings. The second-order valence-corrected chi connectivity index (χ2v) is 7.91. The van der Waals surface area contributed by atoms with Gasteiger partial charge in [-0.2, -0.15) is 14.0 Å². The van der Waals surface area contributed by atoms with Gasteiger partial charge in [0.2, 0.25) is 0 Å². The zero-order valence-electron chi connectivity index (χ0n) is 15.7. The smallest absolute Gasteiger partial charge is 0.414 e. The summed E-state index contributed by atoms with van der Waals surface area (Å²) in [5, 5.41) is 8.26. The molecule has 1 heterocycles. The first-order valence-corrected chi connectivity index (χ1v) is 9.90. The molecule has 1 unspecified atom stereocenters. The van der Waals surface area contributed by atoms with Crippen molar-refractivity contribution in [1.29, 1.82) is 5.26 Å². The van der Waals surface area contributed by atoms with Gasteiger partial charge in [0.1, 0.15) is 11.6 Å². The number of urea groups is 1. The highest BCUT2D eigenvalue weighted by Gasteiger charge is 2.53. The van der Waals surface area contributed by atoms with Crippen molar-refractivity contribution in [3.63, 3.8) is 0 Å². The fourth-order valence-corrected chi connectivity index (χ4v) is 4.26. The van der Waals surface area contributed by atoms with Gasteiger partial charge in [0.25, 0.3) is 0 Å². The molecule has 0 spiro atoms. The summed E-state index contributed by atoms with van der Waals surface area (Å²) < 4.78 is 42.2. The van der Waals surface area contributed by atoms with Gasteiger partial charge in [-0.15, -0.1) is 0 Å². The second kappa shape index (κ2) is 9.66. The number of halogens is 2. The third-order valence-corrected chi connectivity index (χ3v) is 6.07. The van der Waals surface area contributed by atoms with Crippen LogP contribution < -0.4 is 5.32 Å². The van der Waals surface area contributed by atoms with E-state index in [1.807, 2.05) is 0 Å². The van der Waals surface area contributed by atoms with Crippen LogP contribution in [0, 0.1) is 17.2 Å². The summed E-state index contributed by atoms with van der Waals surface area (Å²) in [5.41, 5.74) is 0.576. The highest BCUT2D eigenvalue weighted by atomic mass is 32.2. The standard InChI is InChI=1S/C19H22F2N4O2S/c1-14(7-10-23-2)24-18(26)25-11-8-16(9-12-25)19(20,21)28(27)17-6-4-3-5-15(17)13-22/h3-7,10,16H,8-9,11-12H2,1-2H3,(H,24,26)/b14-7+,23-10-. The first-order chi connectivity index (χ1) is 13.3. The number of nitrogens with one attached hydrogen (secondary N) is 1. The van der Waals surface area contributed by atoms with E-state index in [9.17, 15) is 18.1 Å². The number of nitriles is 1. The summed E-state index contributed by atoms with van der Waals surface area (Å²) in [4.78, 5) is 17.3. The van der Waals surface area contributed by atoms with Crippen molar-refractivity contribution in [1.82, 2.24) is 10.2 Å². The summed E-state index contributed by atoms with van der Waals surface area (Å²) >= 11 is -2.64. The summed E-state index contributed by atoms with van der Waals surface area (Å²) in [6.45, 7) is 1.98. The molecule has 1 fully saturated rings. The van der Waals surface area contributed by atoms with Gasteiger partial charge in [0, 0.05) is 32.0 Å². The minimum atomic E-state index is -3.48. The number of hydrogen-bond donors (Lipinski definition) is 1. The van der Waals surface area contributed by atoms with E-state index in [0.29, 0.717) is 5.70 Å². The number of carbonyl (C=O) groups is 1. The molecule has 150 valence electrons. The molecule has 1 aromatic rings. The van der Waals surface area contributed by atoms with E-state index in [4.69, 9.17) is 5.26 Å². The van der Waals surface area contributed by atoms with Crippen molar-refractivity contribution >= 4 is 23.4 Å². The number of alkyl halides is 2. The Morgan fingerprint density at radius 1 is 1.43 bits per heavy atom. The number of benzene rings is 1. The summed E-state index contributed by atoms with van der Waals surface area (Å²) in [5.74, 6) is -1.13. The van der Waals surface area contributed by atoms with Crippen molar-refractivity contribution in [2.45, 2.75) is 29.9 Å². The third-order valence-electron chi connectivity index (χ3n) is 4.49. The van der Waals surface area contributed by atoms with E-state index in [1.165, 1.54) is 35.4 Å². The van der Waals surface area contributed by atoms with Crippen LogP contribution in [0.5, 0.6) is 0 Å². The molecule has 1 aromatic carbocycles. The van der Waals surface area contributed by atoms with E-state index in [2.05, 4.69) is 10.3 Å². The first kappa shape index (κ1) is 21.9. The fraction of sp³-hybridized carbons (Fsp3) is 0.421. The van der Waals surface area contributed by atoms with Gasteiger partial charge in [-0.3, -0.25) is 4.99 Å². The Morgan fingerprint density at radius 2 is 2.07 bits per heavy atom. The number of rotatable bonds is 5. The Kier molecular flexibility index (Phi) is 7.54. The maximum Gasteiger partial charge on any atom is 0.414 e. The minimum Gasteiger partial charge on any atom is -0.607 e. The summed E-state index contributed by atoms with van der Waals surface area (Å²) in [7, 11) is 1.61. The Hall–Kier alpha value is -2.44. The van der Waals surface area contributed by atoms with E-state index in [1.54, 1.807) is 26.1 Å². The first-order valence-electron chi connectivity index (χ1n) is 8.75. The highest BCUT2D eigenvalue weighted by Crippen LogP contribution is 2.41. The van der Waals surface area contributed by atoms with Crippen molar-refractivity contribution in [2.75, 3.05) is 20.1 Å². The quantitative estimate of drug-likeness (QED) is 0.599. The van der Waals surface area contributed by atoms with E-state index in [-0.39, 0.29) is 42.4 Å². The summed E-state index contributed by atoms with van der Waals surface area (Å²) in [6.07, 6.45) is 3.23. The maximum atomic E-state index is 14.8. The Bertz CT molecular complexity index is 799. The molecule has 2 amide bonds. The number of aliphatic imine (C=N–C) groups is 1. The Morgan fingerprint density at radius 3 is 2.68 bits per heavy atom. The van der Waals surface area contributed by atoms with E-state index in [0.717, 1.165) is 0 Å². The Balaban J connectivity index is 2.01. The number of nitrogens with zero attached hydrogens (tertiary/aromatic N) is 3. The van der Waals surface area contributed by atoms with Crippen LogP contribution in [0.1, 0.15) is 25.3 Å². The molecular formula is C19H22F2N4O2S. The molecule has 1 aliphatic heterocycles. The van der Waals surface area contributed by atoms with Crippen molar-refractivity contribution in [2.24, 2.45) is 10.9 Å². The Labute approximate surface area is 166 Å². The van der Waals surface area contributed by atoms with Crippen LogP contribution in [0.25, 0.3) is 0 Å². The van der Waals surface area contributed by atoms with Crippen LogP contribution in [0.15, 0.2) is 45.9 Å². The van der Waals surface area contributed by atoms with Gasteiger partial charge in [0.15, 0.2) is 4.90 Å². The number of carbonyl (C=O) groups excluding carboxylic acids is 1. The van der Waals surface area contributed by atoms with Gasteiger partial charge in [-0.05, 0) is 38.0 Å². The lowest BCUT2D eigenvalue weighted by molar-refractivity contribution is -0.000154. The summed E-state index contributed by atoms with van der Waals surface area (Å²) in [6, 6.07) is 7.12. The molecule has 0 aromatic heterocycles. The van der Waals surface area contributed by atoms with Crippen molar-refractivity contribution in [3.05, 3.63) is 41.6 Å². The molecule has 1 atom stereocenters. The normalized spacial score (nSPS) is 17.4. The van der Waals surface area contributed by atoms with Crippen LogP contribution in [0.4, 0.5) is 13.6 Å². The number of piperidine rings is 1. The SMILES string of the molecule is C/N=C\C=C(/C)NC(=O)N1CCC(C(F)(F)[S+]([O-])c2ccccc2C#N)CC1. The number of likely N-dealkylation sites (tertiary alicyclic amines) is 1. The number of allylic oxidation sites excluding steroid dienone is 2. The molecule has 0 saturated carbocycles. The third kappa shape index (κ3) is 5.09. The van der Waals surface area contributed by atoms with Crippen LogP contribution in [-0.2, 0) is 11.2 Å². The molecule has 1 N–H and O–H groups in total.